The van der Waals surface area contributed by atoms with Gasteiger partial charge in [-0.3, -0.25) is 0 Å². The van der Waals surface area contributed by atoms with E-state index in [0.717, 1.165) is 18.3 Å². The zero-order valence-electron chi connectivity index (χ0n) is 17.0. The van der Waals surface area contributed by atoms with Crippen LogP contribution >= 0.6 is 0 Å². The molecular weight excluding hydrogens is 452 g/mol. The van der Waals surface area contributed by atoms with E-state index in [1.54, 1.807) is 0 Å². The molecule has 0 aromatic carbocycles. The van der Waals surface area contributed by atoms with Crippen LogP contribution in [-0.2, 0) is 30.1 Å². The van der Waals surface area contributed by atoms with E-state index in [1.165, 1.54) is 42.4 Å². The normalized spacial score (nSPS) is 12.6. The van der Waals surface area contributed by atoms with Crippen LogP contribution in [0.2, 0.25) is 0 Å². The summed E-state index contributed by atoms with van der Waals surface area (Å²) in [7, 11) is -0.832. The molecular formula is C19H16F4N6O2S. The van der Waals surface area contributed by atoms with Crippen LogP contribution in [0.25, 0.3) is 33.9 Å². The molecule has 0 atom stereocenters. The summed E-state index contributed by atoms with van der Waals surface area (Å²) in [6.07, 6.45) is -2.43. The summed E-state index contributed by atoms with van der Waals surface area (Å²) < 4.78 is 81.0. The number of alkyl halides is 3. The number of hydrogen-bond donors (Lipinski definition) is 0. The van der Waals surface area contributed by atoms with Gasteiger partial charge in [-0.2, -0.15) is 17.6 Å². The lowest BCUT2D eigenvalue weighted by Crippen LogP contribution is -2.11. The summed E-state index contributed by atoms with van der Waals surface area (Å²) in [5.74, 6) is -0.733. The molecule has 0 saturated heterocycles. The Balaban J connectivity index is 2.00. The highest BCUT2D eigenvalue weighted by atomic mass is 32.2. The van der Waals surface area contributed by atoms with Crippen LogP contribution < -0.4 is 0 Å². The fourth-order valence-corrected chi connectivity index (χ4v) is 4.55. The fourth-order valence-electron chi connectivity index (χ4n) is 3.34. The Morgan fingerprint density at radius 1 is 1.00 bits per heavy atom. The monoisotopic (exact) mass is 468 g/mol. The van der Waals surface area contributed by atoms with Crippen molar-refractivity contribution >= 4 is 20.9 Å². The molecule has 13 heteroatoms. The van der Waals surface area contributed by atoms with E-state index in [2.05, 4.69) is 19.9 Å². The Bertz CT molecular complexity index is 1440. The number of rotatable bonds is 4. The van der Waals surface area contributed by atoms with Crippen LogP contribution in [0.3, 0.4) is 0 Å². The standard InChI is InChI=1S/C19H16F4N6O2S/c1-4-32(30,31)18-15(27-16(29(18)3)10-5-6-14(20)25-8-10)17-26-11-7-13(19(21,22)23)24-9-12(11)28(17)2/h5-9H,4H2,1-3H3. The van der Waals surface area contributed by atoms with Crippen molar-refractivity contribution in [3.63, 3.8) is 0 Å². The maximum absolute atomic E-state index is 13.3. The lowest BCUT2D eigenvalue weighted by atomic mass is 10.3. The molecule has 32 heavy (non-hydrogen) atoms. The molecule has 4 heterocycles. The molecule has 4 aromatic heterocycles. The van der Waals surface area contributed by atoms with Gasteiger partial charge < -0.3 is 9.13 Å². The van der Waals surface area contributed by atoms with Gasteiger partial charge in [0.05, 0.1) is 23.0 Å². The Kier molecular flexibility index (Phi) is 5.03. The van der Waals surface area contributed by atoms with Gasteiger partial charge in [-0.25, -0.2) is 28.4 Å². The van der Waals surface area contributed by atoms with Gasteiger partial charge in [-0.1, -0.05) is 6.92 Å². The third-order valence-corrected chi connectivity index (χ3v) is 6.79. The van der Waals surface area contributed by atoms with E-state index in [0.29, 0.717) is 5.56 Å². The van der Waals surface area contributed by atoms with Crippen LogP contribution in [0.5, 0.6) is 0 Å². The molecule has 0 spiro atoms. The molecule has 0 aliphatic carbocycles. The number of sulfone groups is 1. The second-order valence-corrected chi connectivity index (χ2v) is 9.17. The van der Waals surface area contributed by atoms with Crippen LogP contribution in [0.4, 0.5) is 17.6 Å². The Labute approximate surface area is 179 Å². The highest BCUT2D eigenvalue weighted by molar-refractivity contribution is 7.91. The molecule has 0 aliphatic rings. The quantitative estimate of drug-likeness (QED) is 0.337. The Hall–Kier alpha value is -3.35. The summed E-state index contributed by atoms with van der Waals surface area (Å²) in [5.41, 5.74) is -0.549. The average molecular weight is 468 g/mol. The lowest BCUT2D eigenvalue weighted by Gasteiger charge is -2.07. The predicted molar refractivity (Wildman–Crippen MR) is 107 cm³/mol. The van der Waals surface area contributed by atoms with Crippen LogP contribution in [-0.4, -0.2) is 43.2 Å². The first-order valence-electron chi connectivity index (χ1n) is 9.25. The largest absolute Gasteiger partial charge is 0.433 e. The number of halogens is 4. The minimum Gasteiger partial charge on any atom is -0.324 e. The molecule has 0 fully saturated rings. The SMILES string of the molecule is CCS(=O)(=O)c1c(-c2nc3cc(C(F)(F)F)ncc3n2C)nc(-c2ccc(F)nc2)n1C. The molecule has 0 N–H and O–H groups in total. The summed E-state index contributed by atoms with van der Waals surface area (Å²) in [4.78, 5) is 15.7. The van der Waals surface area contributed by atoms with E-state index in [-0.39, 0.29) is 39.2 Å². The third kappa shape index (κ3) is 3.51. The molecule has 0 saturated carbocycles. The van der Waals surface area contributed by atoms with Crippen molar-refractivity contribution in [3.05, 3.63) is 42.2 Å². The zero-order chi connectivity index (χ0) is 23.4. The number of imidazole rings is 2. The van der Waals surface area contributed by atoms with Crippen LogP contribution in [0.15, 0.2) is 35.6 Å². The number of pyridine rings is 2. The van der Waals surface area contributed by atoms with Crippen LogP contribution in [0, 0.1) is 5.95 Å². The van der Waals surface area contributed by atoms with Gasteiger partial charge in [-0.15, -0.1) is 0 Å². The first-order valence-corrected chi connectivity index (χ1v) is 10.9. The van der Waals surface area contributed by atoms with Gasteiger partial charge in [0.15, 0.2) is 20.7 Å². The number of fused-ring (bicyclic) bond motifs is 1. The maximum Gasteiger partial charge on any atom is 0.433 e. The van der Waals surface area contributed by atoms with Gasteiger partial charge in [0.2, 0.25) is 5.95 Å². The topological polar surface area (TPSA) is 95.6 Å². The van der Waals surface area contributed by atoms with Crippen molar-refractivity contribution in [2.24, 2.45) is 14.1 Å². The smallest absolute Gasteiger partial charge is 0.324 e. The summed E-state index contributed by atoms with van der Waals surface area (Å²) in [6, 6.07) is 3.29. The number of aryl methyl sites for hydroxylation is 1. The van der Waals surface area contributed by atoms with Crippen molar-refractivity contribution in [2.75, 3.05) is 5.75 Å². The van der Waals surface area contributed by atoms with Gasteiger partial charge in [0, 0.05) is 25.9 Å². The van der Waals surface area contributed by atoms with Gasteiger partial charge in [0.1, 0.15) is 17.2 Å². The van der Waals surface area contributed by atoms with Gasteiger partial charge in [-0.05, 0) is 18.2 Å². The van der Waals surface area contributed by atoms with Gasteiger partial charge >= 0.3 is 6.18 Å². The van der Waals surface area contributed by atoms with E-state index in [9.17, 15) is 26.0 Å². The Morgan fingerprint density at radius 2 is 1.72 bits per heavy atom. The molecule has 8 nitrogen and oxygen atoms in total. The molecule has 0 radical (unpaired) electrons. The number of nitrogens with zero attached hydrogens (tertiary/aromatic N) is 6. The Morgan fingerprint density at radius 3 is 2.31 bits per heavy atom. The maximum atomic E-state index is 13.3. The van der Waals surface area contributed by atoms with Crippen molar-refractivity contribution in [1.82, 2.24) is 29.1 Å². The van der Waals surface area contributed by atoms with E-state index in [4.69, 9.17) is 0 Å². The summed E-state index contributed by atoms with van der Waals surface area (Å²) in [6.45, 7) is 1.46. The van der Waals surface area contributed by atoms with E-state index >= 15 is 0 Å². The molecule has 0 bridgehead atoms. The first kappa shape index (κ1) is 21.9. The third-order valence-electron chi connectivity index (χ3n) is 4.97. The van der Waals surface area contributed by atoms with Crippen molar-refractivity contribution < 1.29 is 26.0 Å². The fraction of sp³-hybridized carbons (Fsp3) is 0.263. The molecule has 4 rings (SSSR count). The van der Waals surface area contributed by atoms with E-state index < -0.39 is 27.7 Å². The minimum atomic E-state index is -4.66. The van der Waals surface area contributed by atoms with Crippen molar-refractivity contribution in [3.8, 4) is 22.9 Å². The molecule has 0 unspecified atom stereocenters. The van der Waals surface area contributed by atoms with Crippen molar-refractivity contribution in [1.29, 1.82) is 0 Å². The molecule has 0 amide bonds. The predicted octanol–water partition coefficient (Wildman–Crippen LogP) is 3.38. The molecule has 168 valence electrons. The van der Waals surface area contributed by atoms with Crippen molar-refractivity contribution in [2.45, 2.75) is 18.1 Å². The number of aromatic nitrogens is 6. The highest BCUT2D eigenvalue weighted by Gasteiger charge is 2.34. The highest BCUT2D eigenvalue weighted by Crippen LogP contribution is 2.34. The molecule has 0 aliphatic heterocycles. The number of hydrogen-bond acceptors (Lipinski definition) is 6. The molecule has 4 aromatic rings. The second-order valence-electron chi connectivity index (χ2n) is 6.97. The van der Waals surface area contributed by atoms with Crippen LogP contribution in [0.1, 0.15) is 12.6 Å². The van der Waals surface area contributed by atoms with Gasteiger partial charge in [0.25, 0.3) is 0 Å². The lowest BCUT2D eigenvalue weighted by molar-refractivity contribution is -0.141. The summed E-state index contributed by atoms with van der Waals surface area (Å²) >= 11 is 0. The first-order chi connectivity index (χ1) is 14.9. The van der Waals surface area contributed by atoms with E-state index in [1.807, 2.05) is 0 Å². The average Bonchev–Trinajstić information content (AvgIpc) is 3.25. The zero-order valence-corrected chi connectivity index (χ0v) is 17.8. The summed E-state index contributed by atoms with van der Waals surface area (Å²) in [5, 5.41) is -0.165. The minimum absolute atomic E-state index is 0.0136. The second kappa shape index (κ2) is 7.36.